The van der Waals surface area contributed by atoms with Crippen molar-refractivity contribution in [2.75, 3.05) is 0 Å². The number of carbonyl (C=O) groups excluding carboxylic acids is 1. The minimum Gasteiger partial charge on any atom is -0.294 e. The van der Waals surface area contributed by atoms with Gasteiger partial charge in [0, 0.05) is 12.0 Å². The lowest BCUT2D eigenvalue weighted by Gasteiger charge is -2.09. The number of rotatable bonds is 3. The van der Waals surface area contributed by atoms with Crippen molar-refractivity contribution in [3.8, 4) is 0 Å². The fourth-order valence-electron chi connectivity index (χ4n) is 2.16. The molecular formula is C16H15FO. The third-order valence-corrected chi connectivity index (χ3v) is 3.07. The molecule has 0 N–H and O–H groups in total. The second-order valence-electron chi connectivity index (χ2n) is 4.46. The van der Waals surface area contributed by atoms with Crippen LogP contribution in [0.15, 0.2) is 42.5 Å². The van der Waals surface area contributed by atoms with Gasteiger partial charge in [-0.15, -0.1) is 0 Å². The molecular weight excluding hydrogens is 227 g/mol. The summed E-state index contributed by atoms with van der Waals surface area (Å²) in [7, 11) is 0. The van der Waals surface area contributed by atoms with Crippen LogP contribution in [0.4, 0.5) is 4.39 Å². The molecule has 0 aliphatic carbocycles. The van der Waals surface area contributed by atoms with E-state index in [0.29, 0.717) is 11.1 Å². The number of aryl methyl sites for hydroxylation is 2. The Balaban J connectivity index is 2.31. The van der Waals surface area contributed by atoms with Crippen molar-refractivity contribution in [3.05, 3.63) is 70.5 Å². The van der Waals surface area contributed by atoms with E-state index in [2.05, 4.69) is 0 Å². The van der Waals surface area contributed by atoms with E-state index in [-0.39, 0.29) is 18.0 Å². The molecule has 2 aromatic rings. The highest BCUT2D eigenvalue weighted by Gasteiger charge is 2.14. The summed E-state index contributed by atoms with van der Waals surface area (Å²) in [4.78, 5) is 12.2. The number of carbonyl (C=O) groups is 1. The third kappa shape index (κ3) is 2.48. The van der Waals surface area contributed by atoms with Gasteiger partial charge in [-0.25, -0.2) is 4.39 Å². The number of benzene rings is 2. The van der Waals surface area contributed by atoms with Crippen LogP contribution < -0.4 is 0 Å². The molecule has 18 heavy (non-hydrogen) atoms. The number of ketones is 1. The van der Waals surface area contributed by atoms with Crippen LogP contribution in [0.2, 0.25) is 0 Å². The minimum atomic E-state index is -0.322. The largest absolute Gasteiger partial charge is 0.294 e. The summed E-state index contributed by atoms with van der Waals surface area (Å²) in [6.45, 7) is 3.81. The Morgan fingerprint density at radius 3 is 2.22 bits per heavy atom. The van der Waals surface area contributed by atoms with E-state index < -0.39 is 0 Å². The van der Waals surface area contributed by atoms with Gasteiger partial charge in [-0.3, -0.25) is 4.79 Å². The third-order valence-electron chi connectivity index (χ3n) is 3.07. The highest BCUT2D eigenvalue weighted by atomic mass is 19.1. The van der Waals surface area contributed by atoms with Gasteiger partial charge in [-0.05, 0) is 36.6 Å². The van der Waals surface area contributed by atoms with Gasteiger partial charge in [-0.1, -0.05) is 36.4 Å². The van der Waals surface area contributed by atoms with Crippen LogP contribution in [-0.2, 0) is 6.42 Å². The molecule has 0 aliphatic heterocycles. The van der Waals surface area contributed by atoms with Crippen molar-refractivity contribution in [3.63, 3.8) is 0 Å². The first-order valence-electron chi connectivity index (χ1n) is 5.92. The average Bonchev–Trinajstić information content (AvgIpc) is 2.32. The van der Waals surface area contributed by atoms with Gasteiger partial charge < -0.3 is 0 Å². The van der Waals surface area contributed by atoms with Gasteiger partial charge in [-0.2, -0.15) is 0 Å². The van der Waals surface area contributed by atoms with E-state index in [0.717, 1.165) is 11.1 Å². The van der Waals surface area contributed by atoms with Crippen LogP contribution in [0.1, 0.15) is 27.0 Å². The SMILES string of the molecule is Cc1cccc(C)c1C(=O)Cc1ccccc1F. The van der Waals surface area contributed by atoms with Crippen molar-refractivity contribution < 1.29 is 9.18 Å². The topological polar surface area (TPSA) is 17.1 Å². The zero-order valence-corrected chi connectivity index (χ0v) is 10.5. The summed E-state index contributed by atoms with van der Waals surface area (Å²) >= 11 is 0. The van der Waals surface area contributed by atoms with Crippen molar-refractivity contribution in [1.29, 1.82) is 0 Å². The van der Waals surface area contributed by atoms with Crippen LogP contribution in [0.3, 0.4) is 0 Å². The lowest BCUT2D eigenvalue weighted by molar-refractivity contribution is 0.0990. The molecule has 2 heteroatoms. The van der Waals surface area contributed by atoms with E-state index in [1.165, 1.54) is 6.07 Å². The maximum atomic E-state index is 13.5. The van der Waals surface area contributed by atoms with Gasteiger partial charge in [0.2, 0.25) is 0 Å². The zero-order valence-electron chi connectivity index (χ0n) is 10.5. The number of hydrogen-bond donors (Lipinski definition) is 0. The Bertz CT molecular complexity index is 567. The first-order valence-corrected chi connectivity index (χ1v) is 5.92. The molecule has 2 rings (SSSR count). The van der Waals surface area contributed by atoms with Crippen LogP contribution in [-0.4, -0.2) is 5.78 Å². The smallest absolute Gasteiger partial charge is 0.167 e. The molecule has 92 valence electrons. The maximum Gasteiger partial charge on any atom is 0.167 e. The van der Waals surface area contributed by atoms with Gasteiger partial charge >= 0.3 is 0 Å². The molecule has 0 amide bonds. The van der Waals surface area contributed by atoms with Gasteiger partial charge in [0.15, 0.2) is 5.78 Å². The van der Waals surface area contributed by atoms with E-state index in [1.54, 1.807) is 18.2 Å². The Hall–Kier alpha value is -1.96. The predicted octanol–water partition coefficient (Wildman–Crippen LogP) is 3.87. The molecule has 0 bridgehead atoms. The van der Waals surface area contributed by atoms with Gasteiger partial charge in [0.1, 0.15) is 5.82 Å². The fraction of sp³-hybridized carbons (Fsp3) is 0.188. The summed E-state index contributed by atoms with van der Waals surface area (Å²) in [6, 6.07) is 12.1. The Morgan fingerprint density at radius 1 is 1.00 bits per heavy atom. The van der Waals surface area contributed by atoms with Gasteiger partial charge in [0.05, 0.1) is 0 Å². The van der Waals surface area contributed by atoms with E-state index in [1.807, 2.05) is 32.0 Å². The van der Waals surface area contributed by atoms with Gasteiger partial charge in [0.25, 0.3) is 0 Å². The molecule has 1 nitrogen and oxygen atoms in total. The lowest BCUT2D eigenvalue weighted by Crippen LogP contribution is -2.09. The number of Topliss-reactive ketones (excluding diaryl/α,β-unsaturated/α-hetero) is 1. The Morgan fingerprint density at radius 2 is 1.61 bits per heavy atom. The summed E-state index contributed by atoms with van der Waals surface area (Å²) in [5.74, 6) is -0.354. The second-order valence-corrected chi connectivity index (χ2v) is 4.46. The van der Waals surface area contributed by atoms with E-state index >= 15 is 0 Å². The lowest BCUT2D eigenvalue weighted by atomic mass is 9.95. The molecule has 0 fully saturated rings. The quantitative estimate of drug-likeness (QED) is 0.747. The molecule has 0 radical (unpaired) electrons. The fourth-order valence-corrected chi connectivity index (χ4v) is 2.16. The second kappa shape index (κ2) is 5.13. The molecule has 0 unspecified atom stereocenters. The number of hydrogen-bond acceptors (Lipinski definition) is 1. The molecule has 0 saturated carbocycles. The molecule has 0 saturated heterocycles. The standard InChI is InChI=1S/C16H15FO/c1-11-6-5-7-12(2)16(11)15(18)10-13-8-3-4-9-14(13)17/h3-9H,10H2,1-2H3. The molecule has 0 aromatic heterocycles. The molecule has 0 heterocycles. The van der Waals surface area contributed by atoms with Crippen molar-refractivity contribution in [2.45, 2.75) is 20.3 Å². The van der Waals surface area contributed by atoms with E-state index in [4.69, 9.17) is 0 Å². The molecule has 0 aliphatic rings. The van der Waals surface area contributed by atoms with E-state index in [9.17, 15) is 9.18 Å². The molecule has 2 aromatic carbocycles. The van der Waals surface area contributed by atoms with Crippen LogP contribution in [0.25, 0.3) is 0 Å². The number of halogens is 1. The maximum absolute atomic E-state index is 13.5. The minimum absolute atomic E-state index is 0.0318. The summed E-state index contributed by atoms with van der Waals surface area (Å²) < 4.78 is 13.5. The van der Waals surface area contributed by atoms with Crippen LogP contribution in [0.5, 0.6) is 0 Å². The molecule has 0 spiro atoms. The van der Waals surface area contributed by atoms with Crippen molar-refractivity contribution >= 4 is 5.78 Å². The molecule has 0 atom stereocenters. The van der Waals surface area contributed by atoms with Crippen molar-refractivity contribution in [1.82, 2.24) is 0 Å². The normalized spacial score (nSPS) is 10.4. The van der Waals surface area contributed by atoms with Crippen molar-refractivity contribution in [2.24, 2.45) is 0 Å². The summed E-state index contributed by atoms with van der Waals surface area (Å²) in [6.07, 6.45) is 0.109. The summed E-state index contributed by atoms with van der Waals surface area (Å²) in [5.41, 5.74) is 3.04. The van der Waals surface area contributed by atoms with Crippen LogP contribution >= 0.6 is 0 Å². The highest BCUT2D eigenvalue weighted by molar-refractivity contribution is 6.00. The first kappa shape index (κ1) is 12.5. The predicted molar refractivity (Wildman–Crippen MR) is 70.4 cm³/mol. The average molecular weight is 242 g/mol. The Kier molecular flexibility index (Phi) is 3.56. The highest BCUT2D eigenvalue weighted by Crippen LogP contribution is 2.17. The first-order chi connectivity index (χ1) is 8.59. The zero-order chi connectivity index (χ0) is 13.1. The summed E-state index contributed by atoms with van der Waals surface area (Å²) in [5, 5.41) is 0. The monoisotopic (exact) mass is 242 g/mol. The Labute approximate surface area is 106 Å². The van der Waals surface area contributed by atoms with Crippen LogP contribution in [0, 0.1) is 19.7 Å².